The average molecular weight is 384 g/mol. The highest BCUT2D eigenvalue weighted by molar-refractivity contribution is 7.64. The second-order valence-corrected chi connectivity index (χ2v) is 6.71. The first kappa shape index (κ1) is 18.2. The molecule has 0 aliphatic rings. The fraction of sp³-hybridized carbons (Fsp3) is 0.100. The second-order valence-electron chi connectivity index (χ2n) is 5.78. The monoisotopic (exact) mass is 383 g/mol. The Labute approximate surface area is 160 Å². The van der Waals surface area contributed by atoms with E-state index in [-0.39, 0.29) is 5.91 Å². The summed E-state index contributed by atoms with van der Waals surface area (Å²) in [4.78, 5) is 16.9. The zero-order valence-electron chi connectivity index (χ0n) is 14.0. The number of hydrogen-bond donors (Lipinski definition) is 1. The topological polar surface area (TPSA) is 59.1 Å². The van der Waals surface area contributed by atoms with Gasteiger partial charge in [-0.3, -0.25) is 9.78 Å². The SMILES string of the molecule is Cc1cc(C[S+]=O)ccc1C(=O)Nc1ccc(Cl)c(-c2ccccn2)c1. The molecule has 0 saturated carbocycles. The lowest BCUT2D eigenvalue weighted by Crippen LogP contribution is -2.13. The van der Waals surface area contributed by atoms with Crippen LogP contribution in [0.1, 0.15) is 21.5 Å². The number of nitrogens with one attached hydrogen (secondary N) is 1. The maximum absolute atomic E-state index is 12.6. The lowest BCUT2D eigenvalue weighted by molar-refractivity contribution is 0.102. The molecule has 4 nitrogen and oxygen atoms in total. The predicted octanol–water partition coefficient (Wildman–Crippen LogP) is 4.89. The van der Waals surface area contributed by atoms with Crippen LogP contribution in [0, 0.1) is 6.92 Å². The van der Waals surface area contributed by atoms with Gasteiger partial charge in [0.1, 0.15) is 0 Å². The van der Waals surface area contributed by atoms with Crippen LogP contribution in [-0.4, -0.2) is 10.9 Å². The van der Waals surface area contributed by atoms with Crippen molar-refractivity contribution in [2.75, 3.05) is 5.32 Å². The summed E-state index contributed by atoms with van der Waals surface area (Å²) in [6.45, 7) is 1.86. The van der Waals surface area contributed by atoms with Gasteiger partial charge in [0.15, 0.2) is 0 Å². The van der Waals surface area contributed by atoms with Crippen molar-refractivity contribution in [2.24, 2.45) is 0 Å². The molecular weight excluding hydrogens is 368 g/mol. The summed E-state index contributed by atoms with van der Waals surface area (Å²) in [5.74, 6) is 0.172. The molecule has 3 rings (SSSR count). The Balaban J connectivity index is 1.85. The molecule has 2 aromatic carbocycles. The quantitative estimate of drug-likeness (QED) is 0.638. The summed E-state index contributed by atoms with van der Waals surface area (Å²) in [7, 11) is 0. The van der Waals surface area contributed by atoms with E-state index in [0.717, 1.165) is 22.4 Å². The molecule has 130 valence electrons. The third-order valence-corrected chi connectivity index (χ3v) is 4.71. The number of rotatable bonds is 5. The van der Waals surface area contributed by atoms with E-state index in [1.165, 1.54) is 0 Å². The van der Waals surface area contributed by atoms with E-state index < -0.39 is 0 Å². The van der Waals surface area contributed by atoms with E-state index in [1.807, 2.05) is 31.2 Å². The predicted molar refractivity (Wildman–Crippen MR) is 106 cm³/mol. The molecule has 1 heterocycles. The molecule has 0 aliphatic carbocycles. The molecule has 0 aliphatic heterocycles. The fourth-order valence-electron chi connectivity index (χ4n) is 2.66. The Hall–Kier alpha value is -2.63. The van der Waals surface area contributed by atoms with Crippen LogP contribution < -0.4 is 5.32 Å². The van der Waals surface area contributed by atoms with Crippen molar-refractivity contribution < 1.29 is 9.00 Å². The highest BCUT2D eigenvalue weighted by atomic mass is 35.5. The highest BCUT2D eigenvalue weighted by Gasteiger charge is 2.13. The molecular formula is C20H16ClN2O2S+. The van der Waals surface area contributed by atoms with Gasteiger partial charge in [-0.25, -0.2) is 0 Å². The lowest BCUT2D eigenvalue weighted by Gasteiger charge is -2.11. The van der Waals surface area contributed by atoms with Crippen molar-refractivity contribution in [2.45, 2.75) is 12.7 Å². The first-order chi connectivity index (χ1) is 12.6. The van der Waals surface area contributed by atoms with Crippen molar-refractivity contribution in [1.29, 1.82) is 0 Å². The molecule has 0 bridgehead atoms. The summed E-state index contributed by atoms with van der Waals surface area (Å²) in [6, 6.07) is 16.3. The van der Waals surface area contributed by atoms with Crippen molar-refractivity contribution in [1.82, 2.24) is 4.98 Å². The number of hydrogen-bond acceptors (Lipinski definition) is 3. The number of benzene rings is 2. The lowest BCUT2D eigenvalue weighted by atomic mass is 10.0. The number of aromatic nitrogens is 1. The molecule has 26 heavy (non-hydrogen) atoms. The molecule has 1 amide bonds. The number of halogens is 1. The summed E-state index contributed by atoms with van der Waals surface area (Å²) < 4.78 is 10.7. The fourth-order valence-corrected chi connectivity index (χ4v) is 3.19. The molecule has 6 heteroatoms. The van der Waals surface area contributed by atoms with E-state index in [2.05, 4.69) is 10.3 Å². The van der Waals surface area contributed by atoms with Crippen LogP contribution >= 0.6 is 11.6 Å². The Morgan fingerprint density at radius 1 is 1.15 bits per heavy atom. The molecule has 0 fully saturated rings. The molecule has 0 spiro atoms. The van der Waals surface area contributed by atoms with Crippen LogP contribution in [0.5, 0.6) is 0 Å². The number of pyridine rings is 1. The van der Waals surface area contributed by atoms with Crippen molar-refractivity contribution >= 4 is 34.9 Å². The Kier molecular flexibility index (Phi) is 5.71. The standard InChI is InChI=1S/C20H15ClN2O2S/c1-13-10-14(12-26-25)5-7-16(13)20(24)23-15-6-8-18(21)17(11-15)19-4-2-3-9-22-19/h2-11H,12H2,1H3/p+1. The van der Waals surface area contributed by atoms with Crippen LogP contribution in [0.25, 0.3) is 11.3 Å². The average Bonchev–Trinajstić information content (AvgIpc) is 2.64. The molecule has 0 unspecified atom stereocenters. The number of carbonyl (C=O) groups is 1. The first-order valence-electron chi connectivity index (χ1n) is 7.95. The Morgan fingerprint density at radius 2 is 2.00 bits per heavy atom. The minimum Gasteiger partial charge on any atom is -0.322 e. The van der Waals surface area contributed by atoms with E-state index in [9.17, 15) is 9.00 Å². The number of carbonyl (C=O) groups excluding carboxylic acids is 1. The summed E-state index contributed by atoms with van der Waals surface area (Å²) in [6.07, 6.45) is 1.70. The number of amides is 1. The van der Waals surface area contributed by atoms with Gasteiger partial charge in [0.2, 0.25) is 0 Å². The van der Waals surface area contributed by atoms with Gasteiger partial charge >= 0.3 is 11.7 Å². The van der Waals surface area contributed by atoms with Gasteiger partial charge in [-0.15, -0.1) is 0 Å². The summed E-state index contributed by atoms with van der Waals surface area (Å²) >= 11 is 6.79. The number of anilines is 1. The minimum atomic E-state index is -0.210. The summed E-state index contributed by atoms with van der Waals surface area (Å²) in [5.41, 5.74) is 4.43. The van der Waals surface area contributed by atoms with Gasteiger partial charge in [-0.2, -0.15) is 0 Å². The third-order valence-electron chi connectivity index (χ3n) is 3.93. The van der Waals surface area contributed by atoms with Crippen LogP contribution in [0.3, 0.4) is 0 Å². The van der Waals surface area contributed by atoms with Gasteiger partial charge in [-0.05, 0) is 55.0 Å². The third kappa shape index (κ3) is 4.12. The zero-order valence-corrected chi connectivity index (χ0v) is 15.6. The Morgan fingerprint density at radius 3 is 2.69 bits per heavy atom. The highest BCUT2D eigenvalue weighted by Crippen LogP contribution is 2.29. The van der Waals surface area contributed by atoms with Gasteiger partial charge in [0.05, 0.1) is 10.7 Å². The first-order valence-corrected chi connectivity index (χ1v) is 9.24. The summed E-state index contributed by atoms with van der Waals surface area (Å²) in [5, 5.41) is 3.46. The maximum Gasteiger partial charge on any atom is 0.463 e. The van der Waals surface area contributed by atoms with Gasteiger partial charge in [0.25, 0.3) is 11.7 Å². The number of aryl methyl sites for hydroxylation is 1. The van der Waals surface area contributed by atoms with Gasteiger partial charge in [-0.1, -0.05) is 23.7 Å². The smallest absolute Gasteiger partial charge is 0.322 e. The van der Waals surface area contributed by atoms with Gasteiger partial charge in [0, 0.05) is 32.8 Å². The van der Waals surface area contributed by atoms with Gasteiger partial charge < -0.3 is 5.32 Å². The van der Waals surface area contributed by atoms with E-state index in [1.54, 1.807) is 36.5 Å². The zero-order chi connectivity index (χ0) is 18.5. The molecule has 3 aromatic rings. The van der Waals surface area contributed by atoms with Crippen LogP contribution in [-0.2, 0) is 21.6 Å². The molecule has 0 radical (unpaired) electrons. The Bertz CT molecular complexity index is 961. The van der Waals surface area contributed by atoms with Crippen molar-refractivity contribution in [3.05, 3.63) is 82.5 Å². The van der Waals surface area contributed by atoms with E-state index in [4.69, 9.17) is 11.6 Å². The van der Waals surface area contributed by atoms with Crippen LogP contribution in [0.4, 0.5) is 5.69 Å². The molecule has 1 N–H and O–H groups in total. The molecule has 0 saturated heterocycles. The maximum atomic E-state index is 12.6. The largest absolute Gasteiger partial charge is 0.463 e. The van der Waals surface area contributed by atoms with Crippen molar-refractivity contribution in [3.8, 4) is 11.3 Å². The normalized spacial score (nSPS) is 10.4. The van der Waals surface area contributed by atoms with E-state index >= 15 is 0 Å². The van der Waals surface area contributed by atoms with Crippen LogP contribution in [0.15, 0.2) is 60.8 Å². The molecule has 0 atom stereocenters. The molecule has 1 aromatic heterocycles. The minimum absolute atomic E-state index is 0.210. The van der Waals surface area contributed by atoms with Crippen LogP contribution in [0.2, 0.25) is 5.02 Å². The van der Waals surface area contributed by atoms with Crippen molar-refractivity contribution in [3.63, 3.8) is 0 Å². The second kappa shape index (κ2) is 8.17. The number of nitrogens with zero attached hydrogens (tertiary/aromatic N) is 1. The van der Waals surface area contributed by atoms with E-state index in [0.29, 0.717) is 33.7 Å².